The summed E-state index contributed by atoms with van der Waals surface area (Å²) in [5.41, 5.74) is 8.20. The predicted octanol–water partition coefficient (Wildman–Crippen LogP) is 5.06. The van der Waals surface area contributed by atoms with Gasteiger partial charge in [-0.2, -0.15) is 0 Å². The van der Waals surface area contributed by atoms with Crippen LogP contribution in [0, 0.1) is 0 Å². The molecule has 1 unspecified atom stereocenters. The maximum atomic E-state index is 4.08. The molecule has 0 aromatic carbocycles. The highest BCUT2D eigenvalue weighted by Crippen LogP contribution is 2.32. The highest BCUT2D eigenvalue weighted by molar-refractivity contribution is 5.48. The Balaban J connectivity index is 2.38. The third-order valence-corrected chi connectivity index (χ3v) is 5.64. The third kappa shape index (κ3) is 4.04. The smallest absolute Gasteiger partial charge is 0.0740 e. The minimum Gasteiger partial charge on any atom is -0.372 e. The zero-order valence-corrected chi connectivity index (χ0v) is 17.6. The van der Waals surface area contributed by atoms with Gasteiger partial charge in [0.2, 0.25) is 0 Å². The highest BCUT2D eigenvalue weighted by atomic mass is 15.6. The molecule has 3 nitrogen and oxygen atoms in total. The van der Waals surface area contributed by atoms with Crippen molar-refractivity contribution in [2.75, 3.05) is 27.2 Å². The Kier molecular flexibility index (Phi) is 6.71. The first-order valence-corrected chi connectivity index (χ1v) is 9.58. The summed E-state index contributed by atoms with van der Waals surface area (Å²) >= 11 is 0. The highest BCUT2D eigenvalue weighted by Gasteiger charge is 2.31. The van der Waals surface area contributed by atoms with Gasteiger partial charge in [-0.1, -0.05) is 42.9 Å². The lowest BCUT2D eigenvalue weighted by atomic mass is 9.94. The molecule has 0 amide bonds. The lowest BCUT2D eigenvalue weighted by molar-refractivity contribution is 0.0640. The summed E-state index contributed by atoms with van der Waals surface area (Å²) in [5, 5.41) is 4.67. The molecule has 1 atom stereocenters. The topological polar surface area (TPSA) is 9.72 Å². The van der Waals surface area contributed by atoms with Crippen LogP contribution in [0.1, 0.15) is 41.0 Å². The van der Waals surface area contributed by atoms with Gasteiger partial charge in [0.25, 0.3) is 0 Å². The molecule has 0 aliphatic carbocycles. The number of hydrogen-bond donors (Lipinski definition) is 0. The Bertz CT molecular complexity index is 703. The fraction of sp³-hybridized carbons (Fsp3) is 0.478. The lowest BCUT2D eigenvalue weighted by Crippen LogP contribution is -2.41. The van der Waals surface area contributed by atoms with Crippen molar-refractivity contribution >= 4 is 0 Å². The van der Waals surface area contributed by atoms with E-state index in [2.05, 4.69) is 94.6 Å². The van der Waals surface area contributed by atoms with E-state index < -0.39 is 0 Å². The molecule has 2 aliphatic rings. The number of hydrogen-bond acceptors (Lipinski definition) is 3. The molecule has 0 aromatic rings. The van der Waals surface area contributed by atoms with Gasteiger partial charge in [0.05, 0.1) is 12.6 Å². The zero-order valence-electron chi connectivity index (χ0n) is 17.6. The Morgan fingerprint density at radius 1 is 1.31 bits per heavy atom. The van der Waals surface area contributed by atoms with Crippen molar-refractivity contribution in [1.29, 1.82) is 0 Å². The summed E-state index contributed by atoms with van der Waals surface area (Å²) < 4.78 is 0. The average Bonchev–Trinajstić information content (AvgIpc) is 2.90. The van der Waals surface area contributed by atoms with Crippen LogP contribution in [0.15, 0.2) is 70.6 Å². The van der Waals surface area contributed by atoms with E-state index in [-0.39, 0.29) is 6.04 Å². The van der Waals surface area contributed by atoms with Crippen LogP contribution in [0.4, 0.5) is 0 Å². The molecule has 0 N–H and O–H groups in total. The van der Waals surface area contributed by atoms with Crippen LogP contribution in [0.2, 0.25) is 0 Å². The molecule has 142 valence electrons. The van der Waals surface area contributed by atoms with Gasteiger partial charge < -0.3 is 9.91 Å². The van der Waals surface area contributed by atoms with Crippen molar-refractivity contribution in [2.24, 2.45) is 0 Å². The molecule has 0 bridgehead atoms. The SMILES string of the molecule is C=C/C(C1=CN(CC2=CC(C)=C(C)CN2C)N(C)C1/C=C\C)=C(/C)CC. The maximum Gasteiger partial charge on any atom is 0.0740 e. The fourth-order valence-electron chi connectivity index (χ4n) is 3.61. The number of hydrazine groups is 1. The van der Waals surface area contributed by atoms with Crippen molar-refractivity contribution in [2.45, 2.75) is 47.1 Å². The van der Waals surface area contributed by atoms with Crippen LogP contribution in [-0.4, -0.2) is 48.1 Å². The third-order valence-electron chi connectivity index (χ3n) is 5.64. The monoisotopic (exact) mass is 353 g/mol. The van der Waals surface area contributed by atoms with Crippen molar-refractivity contribution in [3.05, 3.63) is 70.6 Å². The summed E-state index contributed by atoms with van der Waals surface area (Å²) in [6.45, 7) is 16.9. The van der Waals surface area contributed by atoms with E-state index in [1.54, 1.807) is 0 Å². The largest absolute Gasteiger partial charge is 0.372 e. The summed E-state index contributed by atoms with van der Waals surface area (Å²) in [4.78, 5) is 2.36. The first-order chi connectivity index (χ1) is 12.3. The molecule has 0 saturated carbocycles. The minimum absolute atomic E-state index is 0.252. The number of allylic oxidation sites excluding steroid dienone is 5. The Morgan fingerprint density at radius 3 is 2.58 bits per heavy atom. The zero-order chi connectivity index (χ0) is 19.4. The van der Waals surface area contributed by atoms with Crippen LogP contribution >= 0.6 is 0 Å². The molecule has 0 spiro atoms. The predicted molar refractivity (Wildman–Crippen MR) is 113 cm³/mol. The average molecular weight is 354 g/mol. The molecule has 0 saturated heterocycles. The van der Waals surface area contributed by atoms with Gasteiger partial charge in [-0.15, -0.1) is 0 Å². The second-order valence-electron chi connectivity index (χ2n) is 7.43. The Hall–Kier alpha value is -2.00. The molecule has 2 heterocycles. The number of likely N-dealkylation sites (N-methyl/N-ethyl adjacent to an activating group) is 2. The Morgan fingerprint density at radius 2 is 2.00 bits per heavy atom. The first-order valence-electron chi connectivity index (χ1n) is 9.58. The minimum atomic E-state index is 0.252. The van der Waals surface area contributed by atoms with Crippen molar-refractivity contribution in [3.63, 3.8) is 0 Å². The molecule has 0 fully saturated rings. The summed E-state index contributed by atoms with van der Waals surface area (Å²) in [7, 11) is 4.36. The second-order valence-corrected chi connectivity index (χ2v) is 7.43. The summed E-state index contributed by atoms with van der Waals surface area (Å²) in [6, 6.07) is 0.252. The quantitative estimate of drug-likeness (QED) is 0.488. The normalized spacial score (nSPS) is 22.8. The fourth-order valence-corrected chi connectivity index (χ4v) is 3.61. The van der Waals surface area contributed by atoms with Gasteiger partial charge in [0.15, 0.2) is 0 Å². The lowest BCUT2D eigenvalue weighted by Gasteiger charge is -2.35. The van der Waals surface area contributed by atoms with E-state index in [0.717, 1.165) is 19.5 Å². The van der Waals surface area contributed by atoms with Crippen LogP contribution in [0.25, 0.3) is 0 Å². The second kappa shape index (κ2) is 8.59. The van der Waals surface area contributed by atoms with E-state index in [0.29, 0.717) is 0 Å². The standard InChI is InChI=1S/C23H35N3/c1-9-12-23-22(21(11-3)17(4)10-2)16-26(25(23)8)15-20-13-18(5)19(6)14-24(20)7/h9,11-13,16,23H,3,10,14-15H2,1-2,4-8H3/b12-9-,21-17+. The van der Waals surface area contributed by atoms with Gasteiger partial charge in [-0.05, 0) is 56.9 Å². The van der Waals surface area contributed by atoms with Crippen LogP contribution in [0.3, 0.4) is 0 Å². The summed E-state index contributed by atoms with van der Waals surface area (Å²) in [5.74, 6) is 0. The summed E-state index contributed by atoms with van der Waals surface area (Å²) in [6.07, 6.45) is 12.1. The van der Waals surface area contributed by atoms with E-state index in [4.69, 9.17) is 0 Å². The number of rotatable bonds is 6. The maximum absolute atomic E-state index is 4.08. The molecule has 26 heavy (non-hydrogen) atoms. The van der Waals surface area contributed by atoms with Crippen molar-refractivity contribution in [3.8, 4) is 0 Å². The van der Waals surface area contributed by atoms with Gasteiger partial charge >= 0.3 is 0 Å². The Labute approximate surface area is 160 Å². The molecular weight excluding hydrogens is 318 g/mol. The van der Waals surface area contributed by atoms with Gasteiger partial charge in [-0.3, -0.25) is 0 Å². The van der Waals surface area contributed by atoms with E-state index >= 15 is 0 Å². The first kappa shape index (κ1) is 20.3. The molecule has 2 rings (SSSR count). The molecule has 0 radical (unpaired) electrons. The van der Waals surface area contributed by atoms with E-state index in [1.165, 1.54) is 33.6 Å². The van der Waals surface area contributed by atoms with Gasteiger partial charge in [0.1, 0.15) is 0 Å². The van der Waals surface area contributed by atoms with Crippen molar-refractivity contribution in [1.82, 2.24) is 14.9 Å². The van der Waals surface area contributed by atoms with Gasteiger partial charge in [0, 0.05) is 32.5 Å². The number of nitrogens with zero attached hydrogens (tertiary/aromatic N) is 3. The molecule has 2 aliphatic heterocycles. The van der Waals surface area contributed by atoms with Gasteiger partial charge in [-0.25, -0.2) is 5.01 Å². The van der Waals surface area contributed by atoms with E-state index in [9.17, 15) is 0 Å². The van der Waals surface area contributed by atoms with Crippen LogP contribution < -0.4 is 0 Å². The van der Waals surface area contributed by atoms with E-state index in [1.807, 2.05) is 6.08 Å². The molecule has 3 heteroatoms. The van der Waals surface area contributed by atoms with Crippen LogP contribution in [-0.2, 0) is 0 Å². The van der Waals surface area contributed by atoms with Crippen molar-refractivity contribution < 1.29 is 0 Å². The molecular formula is C23H35N3. The van der Waals surface area contributed by atoms with Crippen LogP contribution in [0.5, 0.6) is 0 Å². The molecule has 0 aromatic heterocycles.